The molecule has 0 radical (unpaired) electrons. The van der Waals surface area contributed by atoms with Crippen molar-refractivity contribution in [1.29, 1.82) is 0 Å². The van der Waals surface area contributed by atoms with E-state index in [-0.39, 0.29) is 5.23 Å². The average molecular weight is 575 g/mol. The van der Waals surface area contributed by atoms with Crippen LogP contribution in [-0.4, -0.2) is 64.4 Å². The summed E-state index contributed by atoms with van der Waals surface area (Å²) >= 11 is 0. The zero-order valence-electron chi connectivity index (χ0n) is 16.1. The first-order valence-electron chi connectivity index (χ1n) is 9.25. The summed E-state index contributed by atoms with van der Waals surface area (Å²) in [6, 6.07) is -0.602. The predicted molar refractivity (Wildman–Crippen MR) is 90.9 cm³/mol. The summed E-state index contributed by atoms with van der Waals surface area (Å²) in [4.78, 5) is 25.8. The molecule has 192 valence electrons. The van der Waals surface area contributed by atoms with Gasteiger partial charge in [0, 0.05) is 0 Å². The maximum atomic E-state index is 13.4. The third-order valence-corrected chi connectivity index (χ3v) is 9.66. The second kappa shape index (κ2) is 5.21. The van der Waals surface area contributed by atoms with Gasteiger partial charge >= 0.3 is 52.6 Å². The molecular weight excluding hydrogens is 571 g/mol. The van der Waals surface area contributed by atoms with Crippen LogP contribution in [0.1, 0.15) is 0 Å². The first-order chi connectivity index (χ1) is 16.8. The standard InChI is InChI=1S/C10H4N5O18P3/c16-3-1-2-11-6-13(1)31-35(21,24-6)32-15-5(12-3)14(2)26-9-8(18)7(4(17)23-34(20,27-7)28-8)25-10(9,19)30-36(22,29-9)33-15/h4,17-19H/t4?,7-,8-,9-,10+,34?,35?,36?/m0/s1. The van der Waals surface area contributed by atoms with Gasteiger partial charge in [-0.25, -0.2) is 31.8 Å². The van der Waals surface area contributed by atoms with Crippen LogP contribution < -0.4 is 24.8 Å². The lowest BCUT2D eigenvalue weighted by Gasteiger charge is -2.40. The maximum Gasteiger partial charge on any atom is 0.634 e. The molecule has 0 aliphatic carbocycles. The number of phosphoric acid groups is 3. The highest BCUT2D eigenvalue weighted by Gasteiger charge is 3.01. The number of ether oxygens (including phenoxy) is 1. The third kappa shape index (κ3) is 1.88. The predicted octanol–water partition coefficient (Wildman–Crippen LogP) is -2.94. The van der Waals surface area contributed by atoms with Crippen molar-refractivity contribution in [2.24, 2.45) is 0 Å². The Bertz CT molecular complexity index is 1710. The molecule has 4 saturated heterocycles. The topological polar surface area (TPSA) is 269 Å². The van der Waals surface area contributed by atoms with Gasteiger partial charge in [-0.3, -0.25) is 18.7 Å². The molecule has 11 rings (SSSR count). The van der Waals surface area contributed by atoms with Crippen molar-refractivity contribution in [2.45, 2.75) is 29.6 Å². The summed E-state index contributed by atoms with van der Waals surface area (Å²) in [6.07, 6.45) is -2.42. The minimum Gasteiger partial charge on any atom is -0.363 e. The number of fused-ring (bicyclic) bond motifs is 3. The van der Waals surface area contributed by atoms with Crippen molar-refractivity contribution in [1.82, 2.24) is 19.4 Å². The number of rotatable bonds is 0. The number of aromatic nitrogens is 4. The maximum absolute atomic E-state index is 13.4. The van der Waals surface area contributed by atoms with Gasteiger partial charge in [0.05, 0.1) is 0 Å². The van der Waals surface area contributed by atoms with Gasteiger partial charge in [-0.05, 0) is 0 Å². The quantitative estimate of drug-likeness (QED) is 0.265. The van der Waals surface area contributed by atoms with E-state index in [0.29, 0.717) is 9.46 Å². The molecular formula is C10H4N5O18P3. The van der Waals surface area contributed by atoms with Gasteiger partial charge in [-0.15, -0.1) is 18.7 Å². The number of hydrogen-bond acceptors (Lipinski definition) is 21. The number of anilines is 1. The van der Waals surface area contributed by atoms with Crippen molar-refractivity contribution in [3.8, 4) is 6.01 Å². The number of aliphatic hydroxyl groups is 3. The van der Waals surface area contributed by atoms with Gasteiger partial charge in [0.15, 0.2) is 5.52 Å². The van der Waals surface area contributed by atoms with E-state index in [1.165, 1.54) is 0 Å². The molecule has 9 aliphatic rings. The summed E-state index contributed by atoms with van der Waals surface area (Å²) in [5.74, 6) is -14.6. The van der Waals surface area contributed by atoms with E-state index in [1.807, 2.05) is 0 Å². The van der Waals surface area contributed by atoms with Crippen molar-refractivity contribution >= 4 is 40.6 Å². The molecule has 4 unspecified atom stereocenters. The van der Waals surface area contributed by atoms with Gasteiger partial charge in [0.1, 0.15) is 0 Å². The van der Waals surface area contributed by atoms with E-state index < -0.39 is 81.8 Å². The third-order valence-electron chi connectivity index (χ3n) is 5.82. The normalized spacial score (nSPS) is 52.4. The lowest BCUT2D eigenvalue weighted by molar-refractivity contribution is -0.418. The molecule has 23 nitrogen and oxygen atoms in total. The van der Waals surface area contributed by atoms with Gasteiger partial charge in [-0.1, -0.05) is 5.23 Å². The fraction of sp³-hybridized carbons (Fsp3) is 0.500. The number of aliphatic hydroxyl groups excluding tert-OH is 1. The molecule has 11 heterocycles. The molecule has 8 atom stereocenters. The molecule has 9 aliphatic heterocycles. The lowest BCUT2D eigenvalue weighted by Crippen LogP contribution is -2.72. The monoisotopic (exact) mass is 575 g/mol. The van der Waals surface area contributed by atoms with Gasteiger partial charge < -0.3 is 24.7 Å². The van der Waals surface area contributed by atoms with Gasteiger partial charge in [0.2, 0.25) is 11.9 Å². The van der Waals surface area contributed by atoms with Crippen LogP contribution in [0.4, 0.5) is 5.95 Å². The molecule has 4 fully saturated rings. The molecule has 2 spiro atoms. The highest BCUT2D eigenvalue weighted by atomic mass is 31.2. The molecule has 0 aromatic carbocycles. The van der Waals surface area contributed by atoms with Crippen LogP contribution in [0.3, 0.4) is 0 Å². The number of nitrogens with zero attached hydrogens (tertiary/aromatic N) is 5. The van der Waals surface area contributed by atoms with E-state index in [2.05, 4.69) is 14.5 Å². The van der Waals surface area contributed by atoms with E-state index in [9.17, 15) is 33.8 Å². The second-order valence-corrected chi connectivity index (χ2v) is 12.1. The minimum atomic E-state index is -5.35. The van der Waals surface area contributed by atoms with E-state index in [1.54, 1.807) is 0 Å². The smallest absolute Gasteiger partial charge is 0.363 e. The first kappa shape index (κ1) is 20.8. The zero-order chi connectivity index (χ0) is 24.9. The summed E-state index contributed by atoms with van der Waals surface area (Å²) in [6.45, 7) is 0. The number of imidazole rings is 1. The van der Waals surface area contributed by atoms with Crippen LogP contribution in [0.15, 0.2) is 4.79 Å². The molecule has 12 bridgehead atoms. The highest BCUT2D eigenvalue weighted by Crippen LogP contribution is 2.82. The molecule has 3 N–H and O–H groups in total. The van der Waals surface area contributed by atoms with Crippen LogP contribution >= 0.6 is 23.5 Å². The molecule has 36 heavy (non-hydrogen) atoms. The molecule has 0 amide bonds. The van der Waals surface area contributed by atoms with Gasteiger partial charge in [-0.2, -0.15) is 9.97 Å². The van der Waals surface area contributed by atoms with E-state index >= 15 is 0 Å². The Morgan fingerprint density at radius 3 is 2.47 bits per heavy atom. The number of hydrogen-bond donors (Lipinski definition) is 3. The zero-order valence-corrected chi connectivity index (χ0v) is 18.8. The van der Waals surface area contributed by atoms with Crippen LogP contribution in [-0.2, 0) is 50.3 Å². The Morgan fingerprint density at radius 1 is 0.917 bits per heavy atom. The molecule has 0 saturated carbocycles. The van der Waals surface area contributed by atoms with Crippen LogP contribution in [0.25, 0.3) is 11.2 Å². The van der Waals surface area contributed by atoms with Crippen molar-refractivity contribution in [2.75, 3.05) is 5.23 Å². The second-order valence-electron chi connectivity index (χ2n) is 7.83. The lowest BCUT2D eigenvalue weighted by atomic mass is 9.98. The van der Waals surface area contributed by atoms with E-state index in [0.717, 1.165) is 0 Å². The summed E-state index contributed by atoms with van der Waals surface area (Å²) in [5.41, 5.74) is -2.30. The summed E-state index contributed by atoms with van der Waals surface area (Å²) in [7, 11) is -14.9. The van der Waals surface area contributed by atoms with Crippen LogP contribution in [0, 0.1) is 0 Å². The number of phosphoric ester groups is 2. The molecule has 26 heteroatoms. The Labute approximate surface area is 191 Å². The van der Waals surface area contributed by atoms with Crippen LogP contribution in [0.5, 0.6) is 6.01 Å². The first-order valence-corrected chi connectivity index (χ1v) is 13.6. The fourth-order valence-corrected chi connectivity index (χ4v) is 8.70. The van der Waals surface area contributed by atoms with Crippen LogP contribution in [0.2, 0.25) is 0 Å². The minimum absolute atomic E-state index is 0.0706. The van der Waals surface area contributed by atoms with E-state index in [4.69, 9.17) is 46.1 Å². The van der Waals surface area contributed by atoms with Crippen molar-refractivity contribution < 1.29 is 79.6 Å². The molecule has 2 aromatic heterocycles. The Hall–Kier alpha value is -2.20. The molecule has 2 aromatic rings. The summed E-state index contributed by atoms with van der Waals surface area (Å²) < 4.78 is 89.5. The van der Waals surface area contributed by atoms with Crippen molar-refractivity contribution in [3.05, 3.63) is 10.4 Å². The summed E-state index contributed by atoms with van der Waals surface area (Å²) in [5, 5.41) is 33.0. The van der Waals surface area contributed by atoms with Gasteiger partial charge in [0.25, 0.3) is 11.7 Å². The Morgan fingerprint density at radius 2 is 1.69 bits per heavy atom. The Balaban J connectivity index is 1.38. The fourth-order valence-electron chi connectivity index (χ4n) is 4.49. The largest absolute Gasteiger partial charge is 0.634 e. The van der Waals surface area contributed by atoms with Crippen molar-refractivity contribution in [3.63, 3.8) is 0 Å². The Kier molecular flexibility index (Phi) is 3.01. The average Bonchev–Trinajstić information content (AvgIpc) is 3.45. The highest BCUT2D eigenvalue weighted by molar-refractivity contribution is 7.50. The SMILES string of the molecule is O=c1nc2n3c4nc5n(c14)OP(=O)(O5)ON2OP1(=O)O[C@]2(O)O[C@]45OP(=O)(OC4O)O[C@]5(O)[C@]2(O3)O1.